The first-order chi connectivity index (χ1) is 9.16. The predicted molar refractivity (Wildman–Crippen MR) is 80.1 cm³/mol. The third-order valence-electron chi connectivity index (χ3n) is 3.70. The Morgan fingerprint density at radius 3 is 2.50 bits per heavy atom. The Morgan fingerprint density at radius 1 is 1.20 bits per heavy atom. The van der Waals surface area contributed by atoms with E-state index in [1.54, 1.807) is 0 Å². The molecule has 1 aromatic carbocycles. The zero-order chi connectivity index (χ0) is 13.3. The van der Waals surface area contributed by atoms with E-state index in [1.807, 2.05) is 24.3 Å². The van der Waals surface area contributed by atoms with Crippen molar-refractivity contribution in [2.24, 2.45) is 5.73 Å². The molecule has 0 aliphatic heterocycles. The van der Waals surface area contributed by atoms with Crippen LogP contribution in [-0.4, -0.2) is 10.1 Å². The van der Waals surface area contributed by atoms with E-state index in [0.29, 0.717) is 11.7 Å². The minimum Gasteiger partial charge on any atom is -0.339 e. The van der Waals surface area contributed by atoms with Crippen molar-refractivity contribution in [3.8, 4) is 0 Å². The maximum Gasteiger partial charge on any atom is 0.227 e. The molecule has 1 aliphatic rings. The zero-order valence-corrected chi connectivity index (χ0v) is 12.6. The van der Waals surface area contributed by atoms with Crippen LogP contribution >= 0.6 is 24.0 Å². The highest BCUT2D eigenvalue weighted by Gasteiger charge is 2.38. The first-order valence-electron chi connectivity index (χ1n) is 6.52. The molecule has 3 rings (SSSR count). The van der Waals surface area contributed by atoms with Crippen LogP contribution in [0, 0.1) is 0 Å². The van der Waals surface area contributed by atoms with E-state index in [-0.39, 0.29) is 17.9 Å². The standard InChI is InChI=1S/C14H16ClN3O.ClH/c15-11-5-2-10(3-6-11)4-7-12-17-13(18-19-12)14(16)8-1-9-14;/h2-3,5-6H,1,4,7-9,16H2;1H. The third kappa shape index (κ3) is 3.14. The van der Waals surface area contributed by atoms with Gasteiger partial charge >= 0.3 is 0 Å². The van der Waals surface area contributed by atoms with Crippen LogP contribution in [0.4, 0.5) is 0 Å². The Hall–Kier alpha value is -1.10. The SMILES string of the molecule is Cl.NC1(c2noc(CCc3ccc(Cl)cc3)n2)CCC1. The van der Waals surface area contributed by atoms with Gasteiger partial charge in [0, 0.05) is 11.4 Å². The summed E-state index contributed by atoms with van der Waals surface area (Å²) in [5.41, 5.74) is 7.02. The highest BCUT2D eigenvalue weighted by atomic mass is 35.5. The van der Waals surface area contributed by atoms with Crippen LogP contribution in [0.2, 0.25) is 5.02 Å². The Kier molecular flexibility index (Phi) is 4.68. The van der Waals surface area contributed by atoms with Gasteiger partial charge in [-0.25, -0.2) is 0 Å². The molecule has 0 radical (unpaired) electrons. The predicted octanol–water partition coefficient (Wildman–Crippen LogP) is 3.27. The van der Waals surface area contributed by atoms with Crippen molar-refractivity contribution in [2.75, 3.05) is 0 Å². The second-order valence-corrected chi connectivity index (χ2v) is 5.58. The summed E-state index contributed by atoms with van der Waals surface area (Å²) in [5, 5.41) is 4.75. The van der Waals surface area contributed by atoms with E-state index in [2.05, 4.69) is 10.1 Å². The molecule has 0 unspecified atom stereocenters. The smallest absolute Gasteiger partial charge is 0.227 e. The summed E-state index contributed by atoms with van der Waals surface area (Å²) in [7, 11) is 0. The Bertz CT molecular complexity index is 564. The van der Waals surface area contributed by atoms with Gasteiger partial charge in [0.15, 0.2) is 5.82 Å². The molecule has 1 aliphatic carbocycles. The van der Waals surface area contributed by atoms with Gasteiger partial charge in [-0.15, -0.1) is 12.4 Å². The molecule has 4 nitrogen and oxygen atoms in total. The highest BCUT2D eigenvalue weighted by molar-refractivity contribution is 6.30. The van der Waals surface area contributed by atoms with Crippen molar-refractivity contribution >= 4 is 24.0 Å². The van der Waals surface area contributed by atoms with Gasteiger partial charge in [-0.05, 0) is 43.4 Å². The molecule has 1 saturated carbocycles. The largest absolute Gasteiger partial charge is 0.339 e. The second-order valence-electron chi connectivity index (χ2n) is 5.15. The van der Waals surface area contributed by atoms with Crippen LogP contribution in [0.1, 0.15) is 36.5 Å². The lowest BCUT2D eigenvalue weighted by molar-refractivity contribution is 0.229. The van der Waals surface area contributed by atoms with Gasteiger partial charge in [-0.2, -0.15) is 4.98 Å². The lowest BCUT2D eigenvalue weighted by atomic mass is 9.77. The maximum absolute atomic E-state index is 6.16. The number of halogens is 2. The fourth-order valence-electron chi connectivity index (χ4n) is 2.24. The fraction of sp³-hybridized carbons (Fsp3) is 0.429. The van der Waals surface area contributed by atoms with E-state index in [0.717, 1.165) is 37.1 Å². The number of hydrogen-bond donors (Lipinski definition) is 1. The van der Waals surface area contributed by atoms with Crippen LogP contribution in [0.5, 0.6) is 0 Å². The van der Waals surface area contributed by atoms with Crippen molar-refractivity contribution in [1.29, 1.82) is 0 Å². The molecule has 0 atom stereocenters. The molecule has 1 heterocycles. The molecular weight excluding hydrogens is 297 g/mol. The summed E-state index contributed by atoms with van der Waals surface area (Å²) >= 11 is 5.85. The number of rotatable bonds is 4. The Labute approximate surface area is 129 Å². The molecule has 0 saturated heterocycles. The molecule has 1 aromatic heterocycles. The van der Waals surface area contributed by atoms with E-state index in [9.17, 15) is 0 Å². The number of nitrogens with two attached hydrogens (primary N) is 1. The normalized spacial score (nSPS) is 16.3. The topological polar surface area (TPSA) is 64.9 Å². The van der Waals surface area contributed by atoms with Crippen LogP contribution in [0.25, 0.3) is 0 Å². The van der Waals surface area contributed by atoms with Crippen LogP contribution in [0.15, 0.2) is 28.8 Å². The van der Waals surface area contributed by atoms with Crippen molar-refractivity contribution in [3.63, 3.8) is 0 Å². The number of hydrogen-bond acceptors (Lipinski definition) is 4. The third-order valence-corrected chi connectivity index (χ3v) is 3.95. The fourth-order valence-corrected chi connectivity index (χ4v) is 2.37. The Balaban J connectivity index is 0.00000147. The number of aromatic nitrogens is 2. The van der Waals surface area contributed by atoms with E-state index < -0.39 is 0 Å². The summed E-state index contributed by atoms with van der Waals surface area (Å²) in [5.74, 6) is 1.31. The summed E-state index contributed by atoms with van der Waals surface area (Å²) in [4.78, 5) is 4.41. The number of nitrogens with zero attached hydrogens (tertiary/aromatic N) is 2. The average molecular weight is 314 g/mol. The molecule has 0 bridgehead atoms. The van der Waals surface area contributed by atoms with Gasteiger partial charge in [-0.3, -0.25) is 0 Å². The lowest BCUT2D eigenvalue weighted by Crippen LogP contribution is -2.44. The van der Waals surface area contributed by atoms with E-state index >= 15 is 0 Å². The molecule has 0 amide bonds. The quantitative estimate of drug-likeness (QED) is 0.940. The van der Waals surface area contributed by atoms with Gasteiger partial charge in [0.25, 0.3) is 0 Å². The minimum absolute atomic E-state index is 0. The summed E-state index contributed by atoms with van der Waals surface area (Å²) in [6.07, 6.45) is 4.62. The molecule has 1 fully saturated rings. The van der Waals surface area contributed by atoms with Crippen LogP contribution in [-0.2, 0) is 18.4 Å². The summed E-state index contributed by atoms with van der Waals surface area (Å²) < 4.78 is 5.26. The molecule has 2 aromatic rings. The monoisotopic (exact) mass is 313 g/mol. The first-order valence-corrected chi connectivity index (χ1v) is 6.90. The molecule has 0 spiro atoms. The first kappa shape index (κ1) is 15.3. The molecule has 20 heavy (non-hydrogen) atoms. The van der Waals surface area contributed by atoms with Crippen molar-refractivity contribution in [2.45, 2.75) is 37.6 Å². The van der Waals surface area contributed by atoms with Crippen LogP contribution in [0.3, 0.4) is 0 Å². The van der Waals surface area contributed by atoms with Gasteiger partial charge < -0.3 is 10.3 Å². The van der Waals surface area contributed by atoms with Gasteiger partial charge in [0.05, 0.1) is 5.54 Å². The summed E-state index contributed by atoms with van der Waals surface area (Å²) in [6.45, 7) is 0. The molecular formula is C14H17Cl2N3O. The highest BCUT2D eigenvalue weighted by Crippen LogP contribution is 2.36. The van der Waals surface area contributed by atoms with Crippen molar-refractivity contribution in [3.05, 3.63) is 46.6 Å². The molecule has 108 valence electrons. The second kappa shape index (κ2) is 6.12. The van der Waals surface area contributed by atoms with Gasteiger partial charge in [-0.1, -0.05) is 28.9 Å². The van der Waals surface area contributed by atoms with Gasteiger partial charge in [0.2, 0.25) is 5.89 Å². The zero-order valence-electron chi connectivity index (χ0n) is 11.0. The lowest BCUT2D eigenvalue weighted by Gasteiger charge is -2.34. The van der Waals surface area contributed by atoms with Crippen LogP contribution < -0.4 is 5.73 Å². The van der Waals surface area contributed by atoms with E-state index in [4.69, 9.17) is 21.9 Å². The van der Waals surface area contributed by atoms with Crippen molar-refractivity contribution in [1.82, 2.24) is 10.1 Å². The number of aryl methyl sites for hydroxylation is 2. The minimum atomic E-state index is -0.345. The van der Waals surface area contributed by atoms with E-state index in [1.165, 1.54) is 5.56 Å². The van der Waals surface area contributed by atoms with Crippen molar-refractivity contribution < 1.29 is 4.52 Å². The molecule has 2 N–H and O–H groups in total. The van der Waals surface area contributed by atoms with Gasteiger partial charge in [0.1, 0.15) is 0 Å². The number of benzene rings is 1. The average Bonchev–Trinajstić information content (AvgIpc) is 2.84. The molecule has 6 heteroatoms. The maximum atomic E-state index is 6.16. The summed E-state index contributed by atoms with van der Waals surface area (Å²) in [6, 6.07) is 7.80. The Morgan fingerprint density at radius 2 is 1.90 bits per heavy atom.